The number of carbonyl (C=O) groups excluding carboxylic acids is 1. The summed E-state index contributed by atoms with van der Waals surface area (Å²) in [7, 11) is 0. The highest BCUT2D eigenvalue weighted by Gasteiger charge is 2.74. The molecule has 1 heterocycles. The van der Waals surface area contributed by atoms with Crippen molar-refractivity contribution in [3.05, 3.63) is 17.7 Å². The maximum Gasteiger partial charge on any atom is 0.230 e. The van der Waals surface area contributed by atoms with Crippen molar-refractivity contribution in [2.24, 2.45) is 11.3 Å². The van der Waals surface area contributed by atoms with Crippen LogP contribution in [0.15, 0.2) is 12.1 Å². The Kier molecular flexibility index (Phi) is 2.35. The molecule has 1 aromatic rings. The molecular formula is C16H19NO3. The van der Waals surface area contributed by atoms with E-state index in [1.807, 2.05) is 19.1 Å². The van der Waals surface area contributed by atoms with Crippen molar-refractivity contribution in [2.75, 3.05) is 11.9 Å². The van der Waals surface area contributed by atoms with Gasteiger partial charge in [-0.2, -0.15) is 0 Å². The zero-order valence-corrected chi connectivity index (χ0v) is 11.9. The molecule has 0 aromatic heterocycles. The molecule has 0 saturated heterocycles. The van der Waals surface area contributed by atoms with Crippen LogP contribution in [0.1, 0.15) is 32.3 Å². The zero-order valence-electron chi connectivity index (χ0n) is 11.9. The third kappa shape index (κ3) is 1.70. The first-order valence-corrected chi connectivity index (χ1v) is 7.40. The van der Waals surface area contributed by atoms with Gasteiger partial charge in [0.05, 0.1) is 17.7 Å². The van der Waals surface area contributed by atoms with Crippen molar-refractivity contribution >= 4 is 11.6 Å². The summed E-state index contributed by atoms with van der Waals surface area (Å²) in [5.74, 6) is 2.42. The standard InChI is InChI=1S/C16H19NO3/c1-3-19-14-5-10-4-9(2)20-13(10)6-12(14)17-15(18)16-7-11(16)8-16/h5-6,9,11H,3-4,7-8H2,1-2H3,(H,17,18). The second-order valence-electron chi connectivity index (χ2n) is 6.24. The lowest BCUT2D eigenvalue weighted by Crippen LogP contribution is -2.18. The number of hydrogen-bond acceptors (Lipinski definition) is 3. The molecule has 0 spiro atoms. The smallest absolute Gasteiger partial charge is 0.230 e. The van der Waals surface area contributed by atoms with Crippen LogP contribution in [0.4, 0.5) is 5.69 Å². The van der Waals surface area contributed by atoms with E-state index in [0.717, 1.165) is 42.0 Å². The Bertz CT molecular complexity index is 590. The average molecular weight is 273 g/mol. The summed E-state index contributed by atoms with van der Waals surface area (Å²) in [6, 6.07) is 3.92. The van der Waals surface area contributed by atoms with Gasteiger partial charge in [-0.25, -0.2) is 0 Å². The fourth-order valence-corrected chi connectivity index (χ4v) is 3.13. The van der Waals surface area contributed by atoms with E-state index in [1.54, 1.807) is 0 Å². The predicted octanol–water partition coefficient (Wildman–Crippen LogP) is 2.76. The lowest BCUT2D eigenvalue weighted by Gasteiger charge is -2.14. The van der Waals surface area contributed by atoms with E-state index < -0.39 is 0 Å². The molecule has 106 valence electrons. The molecule has 2 saturated carbocycles. The lowest BCUT2D eigenvalue weighted by atomic mass is 10.1. The molecule has 2 aliphatic carbocycles. The number of amides is 1. The minimum atomic E-state index is -0.0311. The number of hydrogen-bond donors (Lipinski definition) is 1. The molecule has 1 amide bonds. The molecule has 3 aliphatic rings. The number of fused-ring (bicyclic) bond motifs is 2. The van der Waals surface area contributed by atoms with Crippen molar-refractivity contribution in [1.82, 2.24) is 0 Å². The van der Waals surface area contributed by atoms with E-state index in [-0.39, 0.29) is 17.4 Å². The second-order valence-corrected chi connectivity index (χ2v) is 6.24. The lowest BCUT2D eigenvalue weighted by molar-refractivity contribution is -0.119. The topological polar surface area (TPSA) is 47.6 Å². The van der Waals surface area contributed by atoms with Gasteiger partial charge in [0.1, 0.15) is 17.6 Å². The molecule has 0 bridgehead atoms. The van der Waals surface area contributed by atoms with Crippen LogP contribution in [0.3, 0.4) is 0 Å². The van der Waals surface area contributed by atoms with E-state index in [4.69, 9.17) is 9.47 Å². The second kappa shape index (κ2) is 3.90. The molecular weight excluding hydrogens is 254 g/mol. The zero-order chi connectivity index (χ0) is 13.9. The Labute approximate surface area is 118 Å². The summed E-state index contributed by atoms with van der Waals surface area (Å²) in [4.78, 5) is 12.3. The minimum Gasteiger partial charge on any atom is -0.492 e. The van der Waals surface area contributed by atoms with Crippen LogP contribution in [-0.2, 0) is 11.2 Å². The largest absolute Gasteiger partial charge is 0.492 e. The number of carbonyl (C=O) groups is 1. The van der Waals surface area contributed by atoms with Crippen LogP contribution in [0.5, 0.6) is 11.5 Å². The summed E-state index contributed by atoms with van der Waals surface area (Å²) in [6.07, 6.45) is 3.21. The molecule has 1 atom stereocenters. The molecule has 4 rings (SSSR count). The number of rotatable bonds is 4. The molecule has 1 N–H and O–H groups in total. The first kappa shape index (κ1) is 12.1. The summed E-state index contributed by atoms with van der Waals surface area (Å²) in [6.45, 7) is 4.59. The minimum absolute atomic E-state index is 0.0311. The summed E-state index contributed by atoms with van der Waals surface area (Å²) in [5.41, 5.74) is 1.88. The fourth-order valence-electron chi connectivity index (χ4n) is 3.13. The van der Waals surface area contributed by atoms with E-state index in [2.05, 4.69) is 12.2 Å². The molecule has 1 aliphatic heterocycles. The van der Waals surface area contributed by atoms with Gasteiger partial charge in [-0.05, 0) is 38.7 Å². The normalized spacial score (nSPS) is 31.9. The molecule has 1 unspecified atom stereocenters. The van der Waals surface area contributed by atoms with Gasteiger partial charge in [0.2, 0.25) is 5.91 Å². The highest BCUT2D eigenvalue weighted by atomic mass is 16.5. The van der Waals surface area contributed by atoms with Gasteiger partial charge in [-0.15, -0.1) is 0 Å². The van der Waals surface area contributed by atoms with Crippen molar-refractivity contribution in [2.45, 2.75) is 39.2 Å². The molecule has 2 fully saturated rings. The fraction of sp³-hybridized carbons (Fsp3) is 0.562. The summed E-state index contributed by atoms with van der Waals surface area (Å²) in [5, 5.41) is 3.04. The highest BCUT2D eigenvalue weighted by molar-refractivity contribution is 6.01. The van der Waals surface area contributed by atoms with Crippen LogP contribution in [0.25, 0.3) is 0 Å². The number of benzene rings is 1. The Balaban J connectivity index is 1.63. The van der Waals surface area contributed by atoms with Crippen LogP contribution < -0.4 is 14.8 Å². The van der Waals surface area contributed by atoms with Crippen LogP contribution in [0.2, 0.25) is 0 Å². The van der Waals surface area contributed by atoms with E-state index >= 15 is 0 Å². The van der Waals surface area contributed by atoms with Crippen LogP contribution in [-0.4, -0.2) is 18.6 Å². The SMILES string of the molecule is CCOc1cc2c(cc1NC(=O)C13CC1C3)OC(C)C2. The Morgan fingerprint density at radius 3 is 2.90 bits per heavy atom. The quantitative estimate of drug-likeness (QED) is 0.917. The van der Waals surface area contributed by atoms with Crippen LogP contribution >= 0.6 is 0 Å². The van der Waals surface area contributed by atoms with Crippen molar-refractivity contribution in [3.63, 3.8) is 0 Å². The van der Waals surface area contributed by atoms with Gasteiger partial charge in [0, 0.05) is 18.1 Å². The molecule has 4 nitrogen and oxygen atoms in total. The van der Waals surface area contributed by atoms with Gasteiger partial charge in [0.25, 0.3) is 0 Å². The average Bonchev–Trinajstić information content (AvgIpc) is 3.21. The third-order valence-corrected chi connectivity index (χ3v) is 4.68. The van der Waals surface area contributed by atoms with Crippen molar-refractivity contribution in [3.8, 4) is 11.5 Å². The van der Waals surface area contributed by atoms with Gasteiger partial charge in [-0.1, -0.05) is 0 Å². The molecule has 0 radical (unpaired) electrons. The van der Waals surface area contributed by atoms with Gasteiger partial charge < -0.3 is 14.8 Å². The Hall–Kier alpha value is -1.71. The third-order valence-electron chi connectivity index (χ3n) is 4.68. The molecule has 20 heavy (non-hydrogen) atoms. The van der Waals surface area contributed by atoms with Crippen LogP contribution in [0, 0.1) is 11.3 Å². The first-order chi connectivity index (χ1) is 9.62. The number of ether oxygens (including phenoxy) is 2. The maximum absolute atomic E-state index is 12.3. The maximum atomic E-state index is 12.3. The summed E-state index contributed by atoms with van der Waals surface area (Å²) >= 11 is 0. The van der Waals surface area contributed by atoms with E-state index in [0.29, 0.717) is 12.5 Å². The van der Waals surface area contributed by atoms with Gasteiger partial charge in [0.15, 0.2) is 0 Å². The number of nitrogens with one attached hydrogen (secondary N) is 1. The summed E-state index contributed by atoms with van der Waals surface area (Å²) < 4.78 is 11.4. The van der Waals surface area contributed by atoms with Crippen molar-refractivity contribution < 1.29 is 14.3 Å². The van der Waals surface area contributed by atoms with E-state index in [1.165, 1.54) is 0 Å². The predicted molar refractivity (Wildman–Crippen MR) is 75.2 cm³/mol. The Morgan fingerprint density at radius 1 is 1.50 bits per heavy atom. The Morgan fingerprint density at radius 2 is 2.25 bits per heavy atom. The van der Waals surface area contributed by atoms with E-state index in [9.17, 15) is 4.79 Å². The van der Waals surface area contributed by atoms with Gasteiger partial charge >= 0.3 is 0 Å². The number of anilines is 1. The molecule has 1 aromatic carbocycles. The van der Waals surface area contributed by atoms with Crippen molar-refractivity contribution in [1.29, 1.82) is 0 Å². The van der Waals surface area contributed by atoms with Gasteiger partial charge in [-0.3, -0.25) is 4.79 Å². The molecule has 4 heteroatoms. The first-order valence-electron chi connectivity index (χ1n) is 7.40. The highest BCUT2D eigenvalue weighted by Crippen LogP contribution is 2.75. The monoisotopic (exact) mass is 273 g/mol.